The van der Waals surface area contributed by atoms with E-state index in [0.717, 1.165) is 101 Å². The molecule has 0 bridgehead atoms. The molecular weight excluding hydrogens is 457 g/mol. The number of rotatable bonds is 6. The van der Waals surface area contributed by atoms with Gasteiger partial charge in [0.2, 0.25) is 0 Å². The number of likely N-dealkylation sites (tertiary alicyclic amines) is 1. The van der Waals surface area contributed by atoms with E-state index in [0.29, 0.717) is 17.4 Å². The number of anilines is 1. The van der Waals surface area contributed by atoms with Crippen molar-refractivity contribution in [2.24, 2.45) is 5.41 Å². The highest BCUT2D eigenvalue weighted by Crippen LogP contribution is 2.44. The molecular formula is C28H38FN5O2. The highest BCUT2D eigenvalue weighted by Gasteiger charge is 2.40. The van der Waals surface area contributed by atoms with Crippen LogP contribution >= 0.6 is 0 Å². The largest absolute Gasteiger partial charge is 0.376 e. The van der Waals surface area contributed by atoms with E-state index in [4.69, 9.17) is 9.47 Å². The molecule has 36 heavy (non-hydrogen) atoms. The van der Waals surface area contributed by atoms with E-state index in [2.05, 4.69) is 32.3 Å². The fourth-order valence-electron chi connectivity index (χ4n) is 6.34. The zero-order valence-electron chi connectivity index (χ0n) is 21.3. The zero-order valence-corrected chi connectivity index (χ0v) is 21.3. The van der Waals surface area contributed by atoms with Crippen LogP contribution in [0.5, 0.6) is 0 Å². The maximum absolute atomic E-state index is 14.0. The van der Waals surface area contributed by atoms with E-state index in [1.165, 1.54) is 19.0 Å². The van der Waals surface area contributed by atoms with Crippen molar-refractivity contribution in [3.8, 4) is 11.1 Å². The van der Waals surface area contributed by atoms with Gasteiger partial charge in [0.1, 0.15) is 11.6 Å². The van der Waals surface area contributed by atoms with Crippen molar-refractivity contribution in [3.63, 3.8) is 0 Å². The van der Waals surface area contributed by atoms with E-state index in [-0.39, 0.29) is 11.4 Å². The second-order valence-electron chi connectivity index (χ2n) is 11.8. The lowest BCUT2D eigenvalue weighted by atomic mass is 9.73. The summed E-state index contributed by atoms with van der Waals surface area (Å²) < 4.78 is 25.8. The summed E-state index contributed by atoms with van der Waals surface area (Å²) in [5, 5.41) is 12.2. The number of nitrogens with zero attached hydrogens (tertiary/aromatic N) is 4. The molecule has 0 radical (unpaired) electrons. The van der Waals surface area contributed by atoms with Crippen LogP contribution in [-0.4, -0.2) is 71.2 Å². The first-order chi connectivity index (χ1) is 17.5. The number of hydrogen-bond donors (Lipinski definition) is 1. The topological polar surface area (TPSA) is 72.4 Å². The van der Waals surface area contributed by atoms with Crippen molar-refractivity contribution in [1.82, 2.24) is 20.1 Å². The quantitative estimate of drug-likeness (QED) is 0.617. The minimum absolute atomic E-state index is 0.0339. The van der Waals surface area contributed by atoms with Gasteiger partial charge in [0, 0.05) is 42.7 Å². The molecule has 0 atom stereocenters. The van der Waals surface area contributed by atoms with E-state index in [1.54, 1.807) is 12.3 Å². The Kier molecular flexibility index (Phi) is 6.69. The maximum atomic E-state index is 14.0. The highest BCUT2D eigenvalue weighted by atomic mass is 19.1. The van der Waals surface area contributed by atoms with Gasteiger partial charge in [-0.25, -0.2) is 4.39 Å². The van der Waals surface area contributed by atoms with Gasteiger partial charge in [0.15, 0.2) is 0 Å². The Morgan fingerprint density at radius 2 is 1.86 bits per heavy atom. The smallest absolute Gasteiger partial charge is 0.149 e. The molecule has 1 N–H and O–H groups in total. The van der Waals surface area contributed by atoms with Crippen molar-refractivity contribution in [2.75, 3.05) is 44.8 Å². The zero-order chi connectivity index (χ0) is 24.6. The molecule has 0 unspecified atom stereocenters. The molecule has 194 valence electrons. The third kappa shape index (κ3) is 5.41. The Morgan fingerprint density at radius 1 is 1.06 bits per heavy atom. The van der Waals surface area contributed by atoms with Crippen molar-refractivity contribution in [3.05, 3.63) is 36.0 Å². The van der Waals surface area contributed by atoms with Gasteiger partial charge in [-0.05, 0) is 68.9 Å². The minimum Gasteiger partial charge on any atom is -0.376 e. The van der Waals surface area contributed by atoms with Crippen LogP contribution in [0.4, 0.5) is 10.2 Å². The fourth-order valence-corrected chi connectivity index (χ4v) is 6.34. The third-order valence-corrected chi connectivity index (χ3v) is 8.73. The third-order valence-electron chi connectivity index (χ3n) is 8.73. The predicted octanol–water partition coefficient (Wildman–Crippen LogP) is 4.80. The van der Waals surface area contributed by atoms with Crippen LogP contribution in [0, 0.1) is 11.2 Å². The molecule has 2 saturated heterocycles. The van der Waals surface area contributed by atoms with Gasteiger partial charge >= 0.3 is 0 Å². The predicted molar refractivity (Wildman–Crippen MR) is 136 cm³/mol. The second-order valence-corrected chi connectivity index (χ2v) is 11.8. The molecule has 2 saturated carbocycles. The van der Waals surface area contributed by atoms with Crippen molar-refractivity contribution in [1.29, 1.82) is 0 Å². The Balaban J connectivity index is 1.03. The molecule has 1 spiro atoms. The number of nitrogens with one attached hydrogen (secondary N) is 1. The summed E-state index contributed by atoms with van der Waals surface area (Å²) in [6, 6.07) is 3.97. The van der Waals surface area contributed by atoms with Gasteiger partial charge in [0.25, 0.3) is 0 Å². The molecule has 0 aromatic carbocycles. The summed E-state index contributed by atoms with van der Waals surface area (Å²) in [5.74, 6) is 0.897. The lowest BCUT2D eigenvalue weighted by Crippen LogP contribution is -2.53. The van der Waals surface area contributed by atoms with Crippen molar-refractivity contribution >= 4 is 5.82 Å². The second kappa shape index (κ2) is 9.95. The van der Waals surface area contributed by atoms with Gasteiger partial charge < -0.3 is 19.7 Å². The summed E-state index contributed by atoms with van der Waals surface area (Å²) in [5.41, 5.74) is 3.02. The van der Waals surface area contributed by atoms with Crippen LogP contribution in [-0.2, 0) is 9.47 Å². The summed E-state index contributed by atoms with van der Waals surface area (Å²) in [6.07, 6.45) is 12.1. The molecule has 4 fully saturated rings. The normalized spacial score (nSPS) is 28.8. The summed E-state index contributed by atoms with van der Waals surface area (Å²) in [4.78, 5) is 7.03. The monoisotopic (exact) mass is 495 g/mol. The van der Waals surface area contributed by atoms with Gasteiger partial charge in [-0.3, -0.25) is 4.98 Å². The molecule has 8 heteroatoms. The number of ether oxygens (including phenoxy) is 2. The number of hydrogen-bond acceptors (Lipinski definition) is 7. The molecule has 2 aliphatic carbocycles. The fraction of sp³-hybridized carbons (Fsp3) is 0.679. The van der Waals surface area contributed by atoms with Crippen LogP contribution in [0.15, 0.2) is 24.5 Å². The van der Waals surface area contributed by atoms with E-state index < -0.39 is 0 Å². The van der Waals surface area contributed by atoms with Gasteiger partial charge in [-0.15, -0.1) is 5.10 Å². The highest BCUT2D eigenvalue weighted by molar-refractivity contribution is 5.68. The Labute approximate surface area is 213 Å². The summed E-state index contributed by atoms with van der Waals surface area (Å²) in [6.45, 7) is 8.03. The number of halogens is 1. The van der Waals surface area contributed by atoms with Gasteiger partial charge in [0.05, 0.1) is 43.5 Å². The lowest BCUT2D eigenvalue weighted by molar-refractivity contribution is -0.178. The molecule has 0 amide bonds. The van der Waals surface area contributed by atoms with Crippen LogP contribution in [0.1, 0.15) is 69.9 Å². The van der Waals surface area contributed by atoms with Gasteiger partial charge in [-0.1, -0.05) is 6.92 Å². The molecule has 4 heterocycles. The molecule has 4 aliphatic rings. The lowest BCUT2D eigenvalue weighted by Gasteiger charge is -2.47. The first kappa shape index (κ1) is 24.2. The van der Waals surface area contributed by atoms with Crippen LogP contribution in [0.2, 0.25) is 0 Å². The van der Waals surface area contributed by atoms with Crippen molar-refractivity contribution in [2.45, 2.75) is 75.9 Å². The molecule has 6 rings (SSSR count). The average molecular weight is 496 g/mol. The Hall–Kier alpha value is -2.16. The van der Waals surface area contributed by atoms with Crippen LogP contribution in [0.3, 0.4) is 0 Å². The first-order valence-electron chi connectivity index (χ1n) is 13.7. The Morgan fingerprint density at radius 3 is 2.58 bits per heavy atom. The average Bonchev–Trinajstić information content (AvgIpc) is 3.73. The first-order valence-corrected chi connectivity index (χ1v) is 13.7. The maximum Gasteiger partial charge on any atom is 0.149 e. The molecule has 2 aliphatic heterocycles. The minimum atomic E-state index is -0.309. The van der Waals surface area contributed by atoms with Crippen molar-refractivity contribution < 1.29 is 13.9 Å². The van der Waals surface area contributed by atoms with E-state index in [1.807, 2.05) is 6.07 Å². The SMILES string of the molecule is CC1(CN2CCC3(CC2)COCCO3)CCC(Nc2cc(-c3cc(F)cnc3C3CC3)cnn2)CC1. The number of piperidine rings is 1. The molecule has 7 nitrogen and oxygen atoms in total. The molecule has 2 aromatic heterocycles. The summed E-state index contributed by atoms with van der Waals surface area (Å²) >= 11 is 0. The van der Waals surface area contributed by atoms with Crippen LogP contribution < -0.4 is 5.32 Å². The van der Waals surface area contributed by atoms with E-state index >= 15 is 0 Å². The Bertz CT molecular complexity index is 1050. The summed E-state index contributed by atoms with van der Waals surface area (Å²) in [7, 11) is 0. The van der Waals surface area contributed by atoms with Gasteiger partial charge in [-0.2, -0.15) is 5.10 Å². The number of pyridine rings is 1. The van der Waals surface area contributed by atoms with E-state index in [9.17, 15) is 4.39 Å². The van der Waals surface area contributed by atoms with Crippen LogP contribution in [0.25, 0.3) is 11.1 Å². The molecule has 2 aromatic rings. The standard InChI is InChI=1S/C28H38FN5O2/c1-27(18-34-10-8-28(9-11-34)19-35-12-13-36-28)6-4-23(5-7-27)32-25-14-21(16-31-33-25)24-15-22(29)17-30-26(24)20-2-3-20/h14-17,20,23H,2-13,18-19H2,1H3,(H,32,33). The number of aromatic nitrogens is 3.